The van der Waals surface area contributed by atoms with E-state index >= 15 is 0 Å². The van der Waals surface area contributed by atoms with Crippen LogP contribution in [0.5, 0.6) is 5.75 Å². The predicted octanol–water partition coefficient (Wildman–Crippen LogP) is 2.88. The molecule has 1 fully saturated rings. The number of ether oxygens (including phenoxy) is 2. The monoisotopic (exact) mass is 505 g/mol. The molecule has 2 unspecified atom stereocenters. The van der Waals surface area contributed by atoms with Crippen LogP contribution >= 0.6 is 11.6 Å². The molecule has 188 valence electrons. The summed E-state index contributed by atoms with van der Waals surface area (Å²) in [4.78, 5) is 29.4. The van der Waals surface area contributed by atoms with Crippen molar-refractivity contribution >= 4 is 29.0 Å². The first-order valence-electron chi connectivity index (χ1n) is 11.5. The lowest BCUT2D eigenvalue weighted by Gasteiger charge is -2.37. The number of hydrogen-bond acceptors (Lipinski definition) is 7. The molecule has 2 aliphatic heterocycles. The number of hydrogen-bond donors (Lipinski definition) is 2. The van der Waals surface area contributed by atoms with Gasteiger partial charge in [0, 0.05) is 55.5 Å². The molecule has 0 aromatic heterocycles. The number of ketones is 1. The van der Waals surface area contributed by atoms with Gasteiger partial charge >= 0.3 is 0 Å². The standard InChI is InChI=1S/C25H29ClFN3O5/c1-15(28-18-3-4-21(27)20(26)14-18)19-12-17(24(33)29(2)5-8-31)11-16-13-22(32)25(35-23(16)19)30-6-9-34-10-7-30/h3-4,11-12,14-15,25,28,31H,5-10,13H2,1-2H3. The van der Waals surface area contributed by atoms with E-state index in [1.807, 2.05) is 11.8 Å². The van der Waals surface area contributed by atoms with Crippen LogP contribution in [0.1, 0.15) is 34.5 Å². The number of aliphatic hydroxyl groups excluding tert-OH is 1. The SMILES string of the molecule is CC(Nc1ccc(F)c(Cl)c1)c1cc(C(=O)N(C)CCO)cc2c1OC(N1CCOCC1)C(=O)C2. The Bertz CT molecular complexity index is 1110. The molecule has 2 aromatic carbocycles. The van der Waals surface area contributed by atoms with Crippen molar-refractivity contribution in [3.05, 3.63) is 57.9 Å². The number of anilines is 1. The van der Waals surface area contributed by atoms with Crippen molar-refractivity contribution in [2.24, 2.45) is 0 Å². The maximum atomic E-state index is 13.6. The Labute approximate surface area is 208 Å². The van der Waals surface area contributed by atoms with Crippen molar-refractivity contribution in [3.63, 3.8) is 0 Å². The number of carbonyl (C=O) groups excluding carboxylic acids is 2. The van der Waals surface area contributed by atoms with Gasteiger partial charge in [-0.25, -0.2) is 4.39 Å². The van der Waals surface area contributed by atoms with E-state index in [1.165, 1.54) is 17.0 Å². The van der Waals surface area contributed by atoms with Crippen LogP contribution in [0.25, 0.3) is 0 Å². The van der Waals surface area contributed by atoms with Crippen LogP contribution < -0.4 is 10.1 Å². The second-order valence-electron chi connectivity index (χ2n) is 8.76. The molecule has 0 bridgehead atoms. The first kappa shape index (κ1) is 25.4. The number of amides is 1. The molecular formula is C25H29ClFN3O5. The maximum absolute atomic E-state index is 13.6. The van der Waals surface area contributed by atoms with E-state index in [4.69, 9.17) is 21.1 Å². The zero-order chi connectivity index (χ0) is 25.1. The van der Waals surface area contributed by atoms with Crippen molar-refractivity contribution in [1.29, 1.82) is 0 Å². The summed E-state index contributed by atoms with van der Waals surface area (Å²) in [5.41, 5.74) is 2.31. The number of rotatable bonds is 7. The summed E-state index contributed by atoms with van der Waals surface area (Å²) in [5.74, 6) is -0.319. The molecule has 1 saturated heterocycles. The first-order valence-corrected chi connectivity index (χ1v) is 11.9. The summed E-state index contributed by atoms with van der Waals surface area (Å²) in [6, 6.07) is 7.41. The highest BCUT2D eigenvalue weighted by atomic mass is 35.5. The number of fused-ring (bicyclic) bond motifs is 1. The fourth-order valence-electron chi connectivity index (χ4n) is 4.36. The third-order valence-electron chi connectivity index (χ3n) is 6.24. The minimum atomic E-state index is -0.726. The lowest BCUT2D eigenvalue weighted by atomic mass is 9.93. The van der Waals surface area contributed by atoms with Gasteiger partial charge in [-0.15, -0.1) is 0 Å². The predicted molar refractivity (Wildman–Crippen MR) is 129 cm³/mol. The molecule has 0 radical (unpaired) electrons. The molecule has 2 heterocycles. The van der Waals surface area contributed by atoms with Gasteiger partial charge < -0.3 is 24.8 Å². The Kier molecular flexibility index (Phi) is 7.91. The molecule has 2 aliphatic rings. The summed E-state index contributed by atoms with van der Waals surface area (Å²) in [6.07, 6.45) is -0.596. The van der Waals surface area contributed by atoms with E-state index in [2.05, 4.69) is 5.32 Å². The van der Waals surface area contributed by atoms with Crippen LogP contribution in [-0.4, -0.2) is 79.3 Å². The molecule has 0 saturated carbocycles. The van der Waals surface area contributed by atoms with E-state index in [0.29, 0.717) is 54.4 Å². The molecule has 2 N–H and O–H groups in total. The van der Waals surface area contributed by atoms with Crippen molar-refractivity contribution in [2.75, 3.05) is 51.8 Å². The number of nitrogens with one attached hydrogen (secondary N) is 1. The molecule has 2 atom stereocenters. The second kappa shape index (κ2) is 10.9. The lowest BCUT2D eigenvalue weighted by Crippen LogP contribution is -2.52. The van der Waals surface area contributed by atoms with E-state index in [0.717, 1.165) is 0 Å². The highest BCUT2D eigenvalue weighted by Crippen LogP contribution is 2.38. The molecule has 0 aliphatic carbocycles. The summed E-state index contributed by atoms with van der Waals surface area (Å²) in [5, 5.41) is 12.5. The summed E-state index contributed by atoms with van der Waals surface area (Å²) < 4.78 is 25.3. The number of benzene rings is 2. The number of carbonyl (C=O) groups is 2. The second-order valence-corrected chi connectivity index (χ2v) is 9.17. The summed E-state index contributed by atoms with van der Waals surface area (Å²) in [6.45, 7) is 4.15. The fourth-order valence-corrected chi connectivity index (χ4v) is 4.54. The highest BCUT2D eigenvalue weighted by Gasteiger charge is 2.36. The van der Waals surface area contributed by atoms with Crippen LogP contribution in [0.15, 0.2) is 30.3 Å². The van der Waals surface area contributed by atoms with Crippen LogP contribution in [0.4, 0.5) is 10.1 Å². The Morgan fingerprint density at radius 2 is 2.06 bits per heavy atom. The molecule has 35 heavy (non-hydrogen) atoms. The molecule has 10 heteroatoms. The maximum Gasteiger partial charge on any atom is 0.253 e. The van der Waals surface area contributed by atoms with Crippen molar-refractivity contribution in [3.8, 4) is 5.75 Å². The van der Waals surface area contributed by atoms with Crippen LogP contribution in [0.3, 0.4) is 0 Å². The van der Waals surface area contributed by atoms with Crippen LogP contribution in [-0.2, 0) is 16.0 Å². The number of likely N-dealkylation sites (N-methyl/N-ethyl adjacent to an activating group) is 1. The topological polar surface area (TPSA) is 91.3 Å². The zero-order valence-electron chi connectivity index (χ0n) is 19.7. The Morgan fingerprint density at radius 3 is 2.74 bits per heavy atom. The number of morpholine rings is 1. The third-order valence-corrected chi connectivity index (χ3v) is 6.53. The lowest BCUT2D eigenvalue weighted by molar-refractivity contribution is -0.139. The summed E-state index contributed by atoms with van der Waals surface area (Å²) in [7, 11) is 1.61. The van der Waals surface area contributed by atoms with Crippen molar-refractivity contribution in [2.45, 2.75) is 25.6 Å². The fraction of sp³-hybridized carbons (Fsp3) is 0.440. The Hall–Kier alpha value is -2.72. The number of Topliss-reactive ketones (excluding diaryl/α,β-unsaturated/α-hetero) is 1. The third kappa shape index (κ3) is 5.59. The minimum Gasteiger partial charge on any atom is -0.467 e. The van der Waals surface area contributed by atoms with Crippen LogP contribution in [0.2, 0.25) is 5.02 Å². The molecule has 1 amide bonds. The van der Waals surface area contributed by atoms with Crippen molar-refractivity contribution < 1.29 is 28.6 Å². The smallest absolute Gasteiger partial charge is 0.253 e. The van der Waals surface area contributed by atoms with Gasteiger partial charge in [0.1, 0.15) is 11.6 Å². The van der Waals surface area contributed by atoms with Crippen molar-refractivity contribution in [1.82, 2.24) is 9.80 Å². The Morgan fingerprint density at radius 1 is 1.31 bits per heavy atom. The van der Waals surface area contributed by atoms with Crippen LogP contribution in [0, 0.1) is 5.82 Å². The molecule has 0 spiro atoms. The number of aliphatic hydroxyl groups is 1. The average molecular weight is 506 g/mol. The van der Waals surface area contributed by atoms with Gasteiger partial charge in [-0.3, -0.25) is 14.5 Å². The van der Waals surface area contributed by atoms with Gasteiger partial charge in [0.2, 0.25) is 6.23 Å². The van der Waals surface area contributed by atoms with Gasteiger partial charge in [-0.1, -0.05) is 11.6 Å². The highest BCUT2D eigenvalue weighted by molar-refractivity contribution is 6.31. The van der Waals surface area contributed by atoms with E-state index in [9.17, 15) is 19.1 Å². The summed E-state index contributed by atoms with van der Waals surface area (Å²) >= 11 is 5.95. The number of nitrogens with zero attached hydrogens (tertiary/aromatic N) is 2. The van der Waals surface area contributed by atoms with E-state index in [1.54, 1.807) is 25.2 Å². The Balaban J connectivity index is 1.71. The average Bonchev–Trinajstić information content (AvgIpc) is 2.85. The normalized spacial score (nSPS) is 19.0. The largest absolute Gasteiger partial charge is 0.467 e. The van der Waals surface area contributed by atoms with E-state index in [-0.39, 0.29) is 42.3 Å². The minimum absolute atomic E-state index is 0.00647. The van der Waals surface area contributed by atoms with E-state index < -0.39 is 12.0 Å². The first-order chi connectivity index (χ1) is 16.8. The molecular weight excluding hydrogens is 477 g/mol. The van der Waals surface area contributed by atoms with Gasteiger partial charge in [0.05, 0.1) is 30.9 Å². The molecule has 8 nitrogen and oxygen atoms in total. The van der Waals surface area contributed by atoms with Gasteiger partial charge in [-0.2, -0.15) is 0 Å². The molecule has 4 rings (SSSR count). The van der Waals surface area contributed by atoms with Gasteiger partial charge in [0.15, 0.2) is 5.78 Å². The quantitative estimate of drug-likeness (QED) is 0.598. The van der Waals surface area contributed by atoms with Gasteiger partial charge in [-0.05, 0) is 37.3 Å². The molecule has 2 aromatic rings. The number of halogens is 2. The zero-order valence-corrected chi connectivity index (χ0v) is 20.5. The van der Waals surface area contributed by atoms with Gasteiger partial charge in [0.25, 0.3) is 5.91 Å².